The molecule has 0 atom stereocenters. The van der Waals surface area contributed by atoms with Crippen molar-refractivity contribution >= 4 is 29.3 Å². The van der Waals surface area contributed by atoms with Crippen LogP contribution in [0.15, 0.2) is 24.3 Å². The highest BCUT2D eigenvalue weighted by atomic mass is 35.5. The summed E-state index contributed by atoms with van der Waals surface area (Å²) in [4.78, 5) is 12.2. The van der Waals surface area contributed by atoms with Gasteiger partial charge >= 0.3 is 6.09 Å². The van der Waals surface area contributed by atoms with Crippen molar-refractivity contribution in [3.05, 3.63) is 24.3 Å². The summed E-state index contributed by atoms with van der Waals surface area (Å²) in [5.41, 5.74) is 0. The Morgan fingerprint density at radius 2 is 1.80 bits per heavy atom. The number of hydrogen-bond acceptors (Lipinski definition) is 3. The third-order valence-corrected chi connectivity index (χ3v) is 4.10. The molecular formula is C13H15Cl2NO4. The minimum atomic E-state index is -1.42. The van der Waals surface area contributed by atoms with E-state index in [4.69, 9.17) is 33.0 Å². The molecule has 1 saturated heterocycles. The lowest BCUT2D eigenvalue weighted by molar-refractivity contribution is 0.0885. The molecule has 110 valence electrons. The molecule has 5 nitrogen and oxygen atoms in total. The maximum absolute atomic E-state index is 10.8. The van der Waals surface area contributed by atoms with Crippen LogP contribution < -0.4 is 4.74 Å². The molecule has 1 heterocycles. The average molecular weight is 320 g/mol. The molecule has 0 spiro atoms. The van der Waals surface area contributed by atoms with Crippen LogP contribution in [0.2, 0.25) is 0 Å². The van der Waals surface area contributed by atoms with Gasteiger partial charge in [0.15, 0.2) is 0 Å². The predicted molar refractivity (Wildman–Crippen MR) is 75.5 cm³/mol. The highest BCUT2D eigenvalue weighted by molar-refractivity contribution is 6.47. The van der Waals surface area contributed by atoms with Crippen LogP contribution in [0.1, 0.15) is 12.8 Å². The number of benzene rings is 1. The summed E-state index contributed by atoms with van der Waals surface area (Å²) in [6.45, 7) is 0.778. The van der Waals surface area contributed by atoms with Gasteiger partial charge in [0.25, 0.3) is 4.52 Å². The number of aromatic hydroxyl groups is 1. The summed E-state index contributed by atoms with van der Waals surface area (Å²) < 4.78 is 4.13. The number of amides is 1. The molecule has 2 rings (SSSR count). The number of rotatable bonds is 3. The van der Waals surface area contributed by atoms with E-state index in [9.17, 15) is 9.90 Å². The molecule has 0 aromatic heterocycles. The molecule has 0 saturated carbocycles. The molecule has 2 N–H and O–H groups in total. The minimum Gasteiger partial charge on any atom is -0.508 e. The van der Waals surface area contributed by atoms with Crippen LogP contribution in [0.4, 0.5) is 4.79 Å². The van der Waals surface area contributed by atoms with Crippen molar-refractivity contribution in [1.82, 2.24) is 4.90 Å². The van der Waals surface area contributed by atoms with E-state index in [1.807, 2.05) is 0 Å². The van der Waals surface area contributed by atoms with Crippen LogP contribution in [0, 0.1) is 5.92 Å². The molecule has 1 aromatic rings. The van der Waals surface area contributed by atoms with Gasteiger partial charge in [0, 0.05) is 19.0 Å². The fraction of sp³-hybridized carbons (Fsp3) is 0.462. The zero-order valence-electron chi connectivity index (χ0n) is 10.6. The van der Waals surface area contributed by atoms with Crippen molar-refractivity contribution in [2.45, 2.75) is 17.4 Å². The monoisotopic (exact) mass is 319 g/mol. The molecule has 1 aliphatic rings. The number of alkyl halides is 2. The minimum absolute atomic E-state index is 0.127. The highest BCUT2D eigenvalue weighted by Gasteiger charge is 2.40. The maximum Gasteiger partial charge on any atom is 0.407 e. The smallest absolute Gasteiger partial charge is 0.407 e. The normalized spacial score (nSPS) is 17.0. The quantitative estimate of drug-likeness (QED) is 0.839. The summed E-state index contributed by atoms with van der Waals surface area (Å²) >= 11 is 12.5. The van der Waals surface area contributed by atoms with Crippen LogP contribution in [0.5, 0.6) is 11.5 Å². The standard InChI is InChI=1S/C13H15Cl2NO4/c14-13(15,20-11-3-1-10(17)2-4-11)9-5-7-16(8-6-9)12(18)19/h1-4,9,17H,5-8H2,(H,18,19). The zero-order chi connectivity index (χ0) is 14.8. The van der Waals surface area contributed by atoms with Crippen molar-refractivity contribution in [3.63, 3.8) is 0 Å². The number of halogens is 2. The Hall–Kier alpha value is -1.33. The van der Waals surface area contributed by atoms with Crippen molar-refractivity contribution in [3.8, 4) is 11.5 Å². The molecule has 20 heavy (non-hydrogen) atoms. The van der Waals surface area contributed by atoms with Crippen LogP contribution in [0.25, 0.3) is 0 Å². The van der Waals surface area contributed by atoms with Gasteiger partial charge in [-0.05, 0) is 37.1 Å². The molecule has 0 unspecified atom stereocenters. The van der Waals surface area contributed by atoms with Crippen molar-refractivity contribution in [2.24, 2.45) is 5.92 Å². The van der Waals surface area contributed by atoms with Crippen LogP contribution in [-0.4, -0.2) is 38.8 Å². The fourth-order valence-corrected chi connectivity index (χ4v) is 2.78. The van der Waals surface area contributed by atoms with E-state index in [2.05, 4.69) is 0 Å². The number of likely N-dealkylation sites (tertiary alicyclic amines) is 1. The predicted octanol–water partition coefficient (Wildman–Crippen LogP) is 3.29. The molecule has 1 amide bonds. The molecule has 0 aliphatic carbocycles. The number of ether oxygens (including phenoxy) is 1. The van der Waals surface area contributed by atoms with Crippen LogP contribution in [0.3, 0.4) is 0 Å². The number of piperidine rings is 1. The third kappa shape index (κ3) is 3.61. The maximum atomic E-state index is 10.8. The Morgan fingerprint density at radius 3 is 2.30 bits per heavy atom. The van der Waals surface area contributed by atoms with E-state index in [0.29, 0.717) is 31.7 Å². The van der Waals surface area contributed by atoms with Crippen LogP contribution >= 0.6 is 23.2 Å². The van der Waals surface area contributed by atoms with E-state index in [1.54, 1.807) is 12.1 Å². The Labute approximate surface area is 126 Å². The van der Waals surface area contributed by atoms with Gasteiger partial charge in [0.2, 0.25) is 0 Å². The van der Waals surface area contributed by atoms with Crippen molar-refractivity contribution in [1.29, 1.82) is 0 Å². The van der Waals surface area contributed by atoms with Gasteiger partial charge in [0.05, 0.1) is 0 Å². The Kier molecular flexibility index (Phi) is 4.50. The summed E-state index contributed by atoms with van der Waals surface area (Å²) in [6, 6.07) is 6.10. The SMILES string of the molecule is O=C(O)N1CCC(C(Cl)(Cl)Oc2ccc(O)cc2)CC1. The summed E-state index contributed by atoms with van der Waals surface area (Å²) in [6.07, 6.45) is 0.145. The number of carboxylic acid groups (broad SMARTS) is 1. The first kappa shape index (κ1) is 15.1. The van der Waals surface area contributed by atoms with Gasteiger partial charge in [-0.3, -0.25) is 0 Å². The number of nitrogens with zero attached hydrogens (tertiary/aromatic N) is 1. The lowest BCUT2D eigenvalue weighted by Crippen LogP contribution is -2.44. The first-order chi connectivity index (χ1) is 9.38. The molecule has 1 aliphatic heterocycles. The number of phenolic OH excluding ortho intramolecular Hbond substituents is 1. The first-order valence-corrected chi connectivity index (χ1v) is 6.98. The molecule has 1 aromatic carbocycles. The second kappa shape index (κ2) is 5.97. The van der Waals surface area contributed by atoms with Gasteiger partial charge < -0.3 is 19.8 Å². The Morgan fingerprint density at radius 1 is 1.25 bits per heavy atom. The first-order valence-electron chi connectivity index (χ1n) is 6.22. The zero-order valence-corrected chi connectivity index (χ0v) is 12.1. The largest absolute Gasteiger partial charge is 0.508 e. The Bertz CT molecular complexity index is 470. The van der Waals surface area contributed by atoms with Crippen molar-refractivity contribution in [2.75, 3.05) is 13.1 Å². The van der Waals surface area contributed by atoms with Gasteiger partial charge in [-0.25, -0.2) is 4.79 Å². The summed E-state index contributed by atoms with van der Waals surface area (Å²) in [5, 5.41) is 18.1. The van der Waals surface area contributed by atoms with Crippen molar-refractivity contribution < 1.29 is 19.7 Å². The van der Waals surface area contributed by atoms with E-state index in [1.165, 1.54) is 17.0 Å². The summed E-state index contributed by atoms with van der Waals surface area (Å²) in [7, 11) is 0. The van der Waals surface area contributed by atoms with E-state index in [-0.39, 0.29) is 11.7 Å². The van der Waals surface area contributed by atoms with E-state index < -0.39 is 10.6 Å². The highest BCUT2D eigenvalue weighted by Crippen LogP contribution is 2.39. The number of hydrogen-bond donors (Lipinski definition) is 2. The topological polar surface area (TPSA) is 70.0 Å². The lowest BCUT2D eigenvalue weighted by Gasteiger charge is -2.36. The fourth-order valence-electron chi connectivity index (χ4n) is 2.16. The van der Waals surface area contributed by atoms with E-state index in [0.717, 1.165) is 0 Å². The van der Waals surface area contributed by atoms with E-state index >= 15 is 0 Å². The van der Waals surface area contributed by atoms with Gasteiger partial charge in [0.1, 0.15) is 11.5 Å². The number of phenols is 1. The molecule has 1 fully saturated rings. The molecule has 0 radical (unpaired) electrons. The second-order valence-electron chi connectivity index (χ2n) is 4.70. The Balaban J connectivity index is 1.97. The van der Waals surface area contributed by atoms with Crippen LogP contribution in [-0.2, 0) is 0 Å². The molecule has 0 bridgehead atoms. The number of carbonyl (C=O) groups is 1. The third-order valence-electron chi connectivity index (χ3n) is 3.33. The summed E-state index contributed by atoms with van der Waals surface area (Å²) in [5.74, 6) is 0.422. The molecular weight excluding hydrogens is 305 g/mol. The van der Waals surface area contributed by atoms with Gasteiger partial charge in [-0.2, -0.15) is 0 Å². The average Bonchev–Trinajstić information content (AvgIpc) is 2.41. The second-order valence-corrected chi connectivity index (χ2v) is 6.02. The van der Waals surface area contributed by atoms with Gasteiger partial charge in [-0.1, -0.05) is 23.2 Å². The lowest BCUT2D eigenvalue weighted by atomic mass is 9.97. The van der Waals surface area contributed by atoms with Gasteiger partial charge in [-0.15, -0.1) is 0 Å². The molecule has 7 heteroatoms.